The van der Waals surface area contributed by atoms with E-state index in [9.17, 15) is 0 Å². The molecule has 0 unspecified atom stereocenters. The topological polar surface area (TPSA) is 61.3 Å². The molecule has 0 bridgehead atoms. The molecule has 0 saturated heterocycles. The Morgan fingerprint density at radius 3 is 2.88 bits per heavy atom. The van der Waals surface area contributed by atoms with E-state index in [1.807, 2.05) is 24.3 Å². The van der Waals surface area contributed by atoms with Crippen LogP contribution in [-0.4, -0.2) is 18.8 Å². The smallest absolute Gasteiger partial charge is 0.138 e. The van der Waals surface area contributed by atoms with Crippen LogP contribution in [0.3, 0.4) is 0 Å². The van der Waals surface area contributed by atoms with E-state index in [4.69, 9.17) is 15.0 Å². The second-order valence-electron chi connectivity index (χ2n) is 3.57. The highest BCUT2D eigenvalue weighted by atomic mass is 79.9. The third kappa shape index (κ3) is 2.68. The van der Waals surface area contributed by atoms with Gasteiger partial charge in [-0.3, -0.25) is 0 Å². The first kappa shape index (κ1) is 12.1. The van der Waals surface area contributed by atoms with E-state index in [1.54, 1.807) is 7.11 Å². The highest BCUT2D eigenvalue weighted by Crippen LogP contribution is 2.30. The van der Waals surface area contributed by atoms with Crippen molar-refractivity contribution in [3.05, 3.63) is 34.5 Å². The van der Waals surface area contributed by atoms with Crippen LogP contribution in [0.2, 0.25) is 0 Å². The minimum atomic E-state index is 0.556. The molecule has 1 heterocycles. The molecule has 0 amide bonds. The molecule has 2 N–H and O–H groups in total. The minimum absolute atomic E-state index is 0.556. The molecule has 0 atom stereocenters. The second-order valence-corrected chi connectivity index (χ2v) is 4.42. The Hall–Kier alpha value is -1.33. The fourth-order valence-corrected chi connectivity index (χ4v) is 2.08. The molecule has 0 radical (unpaired) electrons. The van der Waals surface area contributed by atoms with E-state index >= 15 is 0 Å². The van der Waals surface area contributed by atoms with Gasteiger partial charge in [0.05, 0.1) is 11.6 Å². The first-order valence-corrected chi connectivity index (χ1v) is 6.03. The molecule has 2 rings (SSSR count). The van der Waals surface area contributed by atoms with Crippen molar-refractivity contribution in [3.8, 4) is 17.0 Å². The molecule has 0 aliphatic heterocycles. The zero-order valence-corrected chi connectivity index (χ0v) is 11.0. The van der Waals surface area contributed by atoms with Crippen LogP contribution >= 0.6 is 15.9 Å². The summed E-state index contributed by atoms with van der Waals surface area (Å²) in [5.41, 5.74) is 7.24. The molecule has 0 aliphatic rings. The summed E-state index contributed by atoms with van der Waals surface area (Å²) in [4.78, 5) is 0. The molecule has 1 aromatic carbocycles. The summed E-state index contributed by atoms with van der Waals surface area (Å²) in [6.07, 6.45) is 0.699. The van der Waals surface area contributed by atoms with Gasteiger partial charge in [-0.25, -0.2) is 0 Å². The van der Waals surface area contributed by atoms with Crippen LogP contribution in [0.5, 0.6) is 5.75 Å². The number of halogens is 1. The summed E-state index contributed by atoms with van der Waals surface area (Å²) >= 11 is 3.44. The van der Waals surface area contributed by atoms with Crippen molar-refractivity contribution < 1.29 is 9.26 Å². The standard InChI is InChI=1S/C12H13BrN2O2/c1-16-12-3-2-8(6-10(12)13)11-7-9(4-5-14)17-15-11/h2-3,6-7H,4-5,14H2,1H3. The fraction of sp³-hybridized carbons (Fsp3) is 0.250. The molecule has 1 aromatic heterocycles. The Labute approximate surface area is 108 Å². The Bertz CT molecular complexity index is 511. The van der Waals surface area contributed by atoms with Crippen LogP contribution in [0.25, 0.3) is 11.3 Å². The van der Waals surface area contributed by atoms with Crippen LogP contribution in [0.15, 0.2) is 33.3 Å². The SMILES string of the molecule is COc1ccc(-c2cc(CCN)on2)cc1Br. The number of methoxy groups -OCH3 is 1. The lowest BCUT2D eigenvalue weighted by atomic mass is 10.1. The second kappa shape index (κ2) is 5.33. The average Bonchev–Trinajstić information content (AvgIpc) is 2.78. The Morgan fingerprint density at radius 2 is 2.24 bits per heavy atom. The average molecular weight is 297 g/mol. The monoisotopic (exact) mass is 296 g/mol. The number of hydrogen-bond acceptors (Lipinski definition) is 4. The van der Waals surface area contributed by atoms with Crippen molar-refractivity contribution in [3.63, 3.8) is 0 Å². The molecule has 0 saturated carbocycles. The molecule has 0 aliphatic carbocycles. The molecular formula is C12H13BrN2O2. The normalized spacial score (nSPS) is 10.5. The van der Waals surface area contributed by atoms with E-state index in [1.165, 1.54) is 0 Å². The van der Waals surface area contributed by atoms with Gasteiger partial charge in [0, 0.05) is 18.1 Å². The minimum Gasteiger partial charge on any atom is -0.496 e. The van der Waals surface area contributed by atoms with Gasteiger partial charge in [-0.2, -0.15) is 0 Å². The van der Waals surface area contributed by atoms with Crippen LogP contribution in [0.4, 0.5) is 0 Å². The van der Waals surface area contributed by atoms with E-state index < -0.39 is 0 Å². The van der Waals surface area contributed by atoms with Gasteiger partial charge in [-0.1, -0.05) is 5.16 Å². The summed E-state index contributed by atoms with van der Waals surface area (Å²) in [6, 6.07) is 7.67. The maximum atomic E-state index is 5.46. The van der Waals surface area contributed by atoms with Gasteiger partial charge in [0.15, 0.2) is 0 Å². The van der Waals surface area contributed by atoms with E-state index in [-0.39, 0.29) is 0 Å². The third-order valence-electron chi connectivity index (χ3n) is 2.40. The van der Waals surface area contributed by atoms with Crippen molar-refractivity contribution in [2.75, 3.05) is 13.7 Å². The van der Waals surface area contributed by atoms with Crippen LogP contribution < -0.4 is 10.5 Å². The Morgan fingerprint density at radius 1 is 1.41 bits per heavy atom. The van der Waals surface area contributed by atoms with Crippen LogP contribution in [0.1, 0.15) is 5.76 Å². The van der Waals surface area contributed by atoms with Crippen molar-refractivity contribution in [1.82, 2.24) is 5.16 Å². The number of aromatic nitrogens is 1. The van der Waals surface area contributed by atoms with Gasteiger partial charge in [0.2, 0.25) is 0 Å². The highest BCUT2D eigenvalue weighted by molar-refractivity contribution is 9.10. The van der Waals surface area contributed by atoms with Crippen molar-refractivity contribution in [2.24, 2.45) is 5.73 Å². The summed E-state index contributed by atoms with van der Waals surface area (Å²) in [6.45, 7) is 0.556. The lowest BCUT2D eigenvalue weighted by Crippen LogP contribution is -2.01. The highest BCUT2D eigenvalue weighted by Gasteiger charge is 2.08. The first-order chi connectivity index (χ1) is 8.24. The quantitative estimate of drug-likeness (QED) is 0.942. The predicted octanol–water partition coefficient (Wildman–Crippen LogP) is 2.61. The van der Waals surface area contributed by atoms with Gasteiger partial charge >= 0.3 is 0 Å². The number of nitrogens with two attached hydrogens (primary N) is 1. The van der Waals surface area contributed by atoms with Gasteiger partial charge in [0.1, 0.15) is 17.2 Å². The van der Waals surface area contributed by atoms with Gasteiger partial charge < -0.3 is 15.0 Å². The molecule has 17 heavy (non-hydrogen) atoms. The third-order valence-corrected chi connectivity index (χ3v) is 3.02. The number of nitrogens with zero attached hydrogens (tertiary/aromatic N) is 1. The van der Waals surface area contributed by atoms with E-state index in [0.717, 1.165) is 27.2 Å². The molecule has 5 heteroatoms. The van der Waals surface area contributed by atoms with Gasteiger partial charge in [-0.05, 0) is 40.7 Å². The lowest BCUT2D eigenvalue weighted by molar-refractivity contribution is 0.386. The number of benzene rings is 1. The largest absolute Gasteiger partial charge is 0.496 e. The maximum absolute atomic E-state index is 5.46. The summed E-state index contributed by atoms with van der Waals surface area (Å²) in [5, 5.41) is 4.01. The van der Waals surface area contributed by atoms with Crippen molar-refractivity contribution in [1.29, 1.82) is 0 Å². The van der Waals surface area contributed by atoms with Crippen molar-refractivity contribution in [2.45, 2.75) is 6.42 Å². The van der Waals surface area contributed by atoms with Gasteiger partial charge in [-0.15, -0.1) is 0 Å². The molecule has 0 spiro atoms. The zero-order chi connectivity index (χ0) is 12.3. The Kier molecular flexibility index (Phi) is 3.81. The van der Waals surface area contributed by atoms with E-state index in [0.29, 0.717) is 13.0 Å². The zero-order valence-electron chi connectivity index (χ0n) is 9.44. The van der Waals surface area contributed by atoms with Crippen LogP contribution in [0, 0.1) is 0 Å². The fourth-order valence-electron chi connectivity index (χ4n) is 1.53. The first-order valence-electron chi connectivity index (χ1n) is 5.24. The maximum Gasteiger partial charge on any atom is 0.138 e. The van der Waals surface area contributed by atoms with Crippen LogP contribution in [-0.2, 0) is 6.42 Å². The molecule has 2 aromatic rings. The predicted molar refractivity (Wildman–Crippen MR) is 68.9 cm³/mol. The number of ether oxygens (including phenoxy) is 1. The number of rotatable bonds is 4. The van der Waals surface area contributed by atoms with E-state index in [2.05, 4.69) is 21.1 Å². The summed E-state index contributed by atoms with van der Waals surface area (Å²) < 4.78 is 11.2. The Balaban J connectivity index is 2.29. The van der Waals surface area contributed by atoms with Crippen molar-refractivity contribution >= 4 is 15.9 Å². The molecule has 4 nitrogen and oxygen atoms in total. The molecular weight excluding hydrogens is 284 g/mol. The molecule has 0 fully saturated rings. The van der Waals surface area contributed by atoms with Gasteiger partial charge in [0.25, 0.3) is 0 Å². The summed E-state index contributed by atoms with van der Waals surface area (Å²) in [5.74, 6) is 1.59. The lowest BCUT2D eigenvalue weighted by Gasteiger charge is -2.03. The molecule has 90 valence electrons. The summed E-state index contributed by atoms with van der Waals surface area (Å²) in [7, 11) is 1.63. The number of hydrogen-bond donors (Lipinski definition) is 1.